The van der Waals surface area contributed by atoms with E-state index in [1.54, 1.807) is 53.3 Å². The van der Waals surface area contributed by atoms with E-state index < -0.39 is 44.5 Å². The minimum atomic E-state index is -4.68. The van der Waals surface area contributed by atoms with Crippen LogP contribution in [0.2, 0.25) is 0 Å². The van der Waals surface area contributed by atoms with Crippen LogP contribution in [0.5, 0.6) is 0 Å². The van der Waals surface area contributed by atoms with Gasteiger partial charge < -0.3 is 15.7 Å². The lowest BCUT2D eigenvalue weighted by molar-refractivity contribution is -0.126. The summed E-state index contributed by atoms with van der Waals surface area (Å²) >= 11 is 4.21. The monoisotopic (exact) mass is 591 g/mol. The van der Waals surface area contributed by atoms with Gasteiger partial charge in [-0.3, -0.25) is 9.59 Å². The normalized spacial score (nSPS) is 12.9. The van der Waals surface area contributed by atoms with Crippen LogP contribution in [0.25, 0.3) is 11.1 Å². The lowest BCUT2D eigenvalue weighted by atomic mass is 10.00. The third-order valence-corrected chi connectivity index (χ3v) is 7.92. The lowest BCUT2D eigenvalue weighted by Gasteiger charge is -2.17. The number of carbonyl (C=O) groups is 2. The first-order valence-corrected chi connectivity index (χ1v) is 14.6. The van der Waals surface area contributed by atoms with E-state index in [2.05, 4.69) is 23.3 Å². The molecule has 2 atom stereocenters. The molecule has 0 heterocycles. The van der Waals surface area contributed by atoms with E-state index in [9.17, 15) is 27.5 Å². The third-order valence-electron chi connectivity index (χ3n) is 6.08. The Morgan fingerprint density at radius 2 is 1.60 bits per heavy atom. The molecule has 3 rings (SSSR count). The van der Waals surface area contributed by atoms with E-state index in [-0.39, 0.29) is 48.8 Å². The number of hydrogen-bond donors (Lipinski definition) is 5. The fraction of sp³-hybridized carbons (Fsp3) is 0.286. The third kappa shape index (κ3) is 8.10. The molecule has 0 aliphatic rings. The van der Waals surface area contributed by atoms with E-state index in [0.29, 0.717) is 11.1 Å². The minimum absolute atomic E-state index is 0.0173. The maximum atomic E-state index is 15.7. The highest BCUT2D eigenvalue weighted by Crippen LogP contribution is 2.31. The molecular weight excluding hydrogens is 560 g/mol. The van der Waals surface area contributed by atoms with Crippen molar-refractivity contribution in [3.05, 3.63) is 89.5 Å². The zero-order chi connectivity index (χ0) is 29.3. The van der Waals surface area contributed by atoms with Gasteiger partial charge in [-0.15, -0.1) is 0 Å². The number of amides is 2. The van der Waals surface area contributed by atoms with Gasteiger partial charge in [0.25, 0.3) is 15.9 Å². The average molecular weight is 592 g/mol. The van der Waals surface area contributed by atoms with E-state index in [1.807, 2.05) is 0 Å². The molecule has 214 valence electrons. The second kappa shape index (κ2) is 14.4. The number of nitrogens with one attached hydrogen (secondary N) is 3. The molecule has 40 heavy (non-hydrogen) atoms. The largest absolute Gasteiger partial charge is 0.384 e. The Kier molecular flexibility index (Phi) is 11.2. The van der Waals surface area contributed by atoms with Gasteiger partial charge in [-0.05, 0) is 30.5 Å². The highest BCUT2D eigenvalue weighted by atomic mass is 32.2. The van der Waals surface area contributed by atoms with Gasteiger partial charge in [-0.1, -0.05) is 60.7 Å². The van der Waals surface area contributed by atoms with E-state index in [0.717, 1.165) is 6.92 Å². The molecule has 0 aliphatic carbocycles. The number of carbonyl (C=O) groups excluding carboxylic acids is 2. The molecule has 0 spiro atoms. The molecule has 3 aromatic rings. The van der Waals surface area contributed by atoms with Crippen LogP contribution in [-0.4, -0.2) is 50.3 Å². The van der Waals surface area contributed by atoms with Crippen molar-refractivity contribution in [2.45, 2.75) is 30.9 Å². The summed E-state index contributed by atoms with van der Waals surface area (Å²) in [6.07, 6.45) is -1.43. The summed E-state index contributed by atoms with van der Waals surface area (Å²) < 4.78 is 57.4. The minimum Gasteiger partial charge on any atom is -0.384 e. The Morgan fingerprint density at radius 1 is 0.925 bits per heavy atom. The van der Waals surface area contributed by atoms with Gasteiger partial charge in [0.15, 0.2) is 0 Å². The summed E-state index contributed by atoms with van der Waals surface area (Å²) in [6.45, 7) is 1.43. The summed E-state index contributed by atoms with van der Waals surface area (Å²) in [5.41, 5.74) is 0.901. The van der Waals surface area contributed by atoms with Crippen molar-refractivity contribution < 1.29 is 31.9 Å². The van der Waals surface area contributed by atoms with Crippen molar-refractivity contribution in [2.75, 3.05) is 18.8 Å². The van der Waals surface area contributed by atoms with Gasteiger partial charge >= 0.3 is 0 Å². The van der Waals surface area contributed by atoms with Gasteiger partial charge in [-0.25, -0.2) is 21.9 Å². The molecule has 0 fully saturated rings. The first-order valence-electron chi connectivity index (χ1n) is 12.5. The first-order chi connectivity index (χ1) is 19.0. The number of halogens is 2. The first kappa shape index (κ1) is 31.2. The Morgan fingerprint density at radius 3 is 2.25 bits per heavy atom. The number of hydrogen-bond acceptors (Lipinski definition) is 7. The van der Waals surface area contributed by atoms with E-state index in [1.165, 1.54) is 18.2 Å². The number of thiol groups is 1. The Labute approximate surface area is 237 Å². The van der Waals surface area contributed by atoms with Crippen LogP contribution in [0.3, 0.4) is 0 Å². The summed E-state index contributed by atoms with van der Waals surface area (Å²) in [6, 6.07) is 17.3. The SMILES string of the molecule is C[C@H](O)C(=O)NS(=O)(=O)c1c(-c2ccccc2)ccc(CNCCNC(=O)[C@@H](CS)Cc2ccccc2F)c1F. The summed E-state index contributed by atoms with van der Waals surface area (Å²) in [4.78, 5) is 23.8. The highest BCUT2D eigenvalue weighted by Gasteiger charge is 2.29. The van der Waals surface area contributed by atoms with Gasteiger partial charge in [0, 0.05) is 36.5 Å². The summed E-state index contributed by atoms with van der Waals surface area (Å²) in [7, 11) is -4.68. The van der Waals surface area contributed by atoms with Crippen LogP contribution in [0.1, 0.15) is 18.1 Å². The van der Waals surface area contributed by atoms with Gasteiger partial charge in [0.1, 0.15) is 22.6 Å². The second-order valence-electron chi connectivity index (χ2n) is 9.07. The lowest BCUT2D eigenvalue weighted by Crippen LogP contribution is -2.38. The predicted molar refractivity (Wildman–Crippen MR) is 151 cm³/mol. The fourth-order valence-electron chi connectivity index (χ4n) is 3.92. The second-order valence-corrected chi connectivity index (χ2v) is 11.1. The molecule has 0 bridgehead atoms. The molecular formula is C28H31F2N3O5S2. The summed E-state index contributed by atoms with van der Waals surface area (Å²) in [5, 5.41) is 15.1. The van der Waals surface area contributed by atoms with Crippen LogP contribution in [0.15, 0.2) is 71.6 Å². The van der Waals surface area contributed by atoms with Crippen molar-refractivity contribution in [3.63, 3.8) is 0 Å². The number of sulfonamides is 1. The zero-order valence-electron chi connectivity index (χ0n) is 21.7. The van der Waals surface area contributed by atoms with Crippen LogP contribution in [-0.2, 0) is 32.6 Å². The number of benzene rings is 3. The summed E-state index contributed by atoms with van der Waals surface area (Å²) in [5.74, 6) is -3.27. The molecule has 3 aromatic carbocycles. The Bertz CT molecular complexity index is 1440. The van der Waals surface area contributed by atoms with Crippen molar-refractivity contribution in [1.29, 1.82) is 0 Å². The molecule has 0 aromatic heterocycles. The Hall–Kier alpha value is -3.32. The van der Waals surface area contributed by atoms with Gasteiger partial charge in [0.2, 0.25) is 5.91 Å². The standard InChI is InChI=1S/C28H31F2N3O5S2/c1-18(34)27(35)33-40(37,38)26-23(19-7-3-2-4-8-19)12-11-21(25(26)30)16-31-13-14-32-28(36)22(17-39)15-20-9-5-6-10-24(20)29/h2-12,18,22,31,34,39H,13-17H2,1H3,(H,32,36)(H,33,35)/t18-,22+/m0/s1. The molecule has 0 unspecified atom stereocenters. The van der Waals surface area contributed by atoms with Crippen molar-refractivity contribution >= 4 is 34.5 Å². The number of aliphatic hydroxyl groups is 1. The van der Waals surface area contributed by atoms with Gasteiger partial charge in [0.05, 0.1) is 5.92 Å². The van der Waals surface area contributed by atoms with Crippen LogP contribution in [0.4, 0.5) is 8.78 Å². The highest BCUT2D eigenvalue weighted by molar-refractivity contribution is 7.90. The predicted octanol–water partition coefficient (Wildman–Crippen LogP) is 2.81. The molecule has 4 N–H and O–H groups in total. The molecule has 2 amide bonds. The molecule has 0 aliphatic heterocycles. The number of aliphatic hydroxyl groups excluding tert-OH is 1. The maximum absolute atomic E-state index is 15.7. The van der Waals surface area contributed by atoms with E-state index >= 15 is 4.39 Å². The zero-order valence-corrected chi connectivity index (χ0v) is 23.4. The van der Waals surface area contributed by atoms with Crippen molar-refractivity contribution in [3.8, 4) is 11.1 Å². The number of rotatable bonds is 13. The molecule has 0 saturated carbocycles. The molecule has 12 heteroatoms. The van der Waals surface area contributed by atoms with E-state index in [4.69, 9.17) is 0 Å². The maximum Gasteiger partial charge on any atom is 0.267 e. The average Bonchev–Trinajstić information content (AvgIpc) is 2.92. The smallest absolute Gasteiger partial charge is 0.267 e. The van der Waals surface area contributed by atoms with Crippen LogP contribution < -0.4 is 15.4 Å². The fourth-order valence-corrected chi connectivity index (χ4v) is 5.60. The molecule has 0 radical (unpaired) electrons. The quantitative estimate of drug-likeness (QED) is 0.154. The van der Waals surface area contributed by atoms with Crippen LogP contribution in [0, 0.1) is 17.6 Å². The van der Waals surface area contributed by atoms with Crippen LogP contribution >= 0.6 is 12.6 Å². The topological polar surface area (TPSA) is 125 Å². The van der Waals surface area contributed by atoms with Crippen molar-refractivity contribution in [2.24, 2.45) is 5.92 Å². The van der Waals surface area contributed by atoms with Crippen molar-refractivity contribution in [1.82, 2.24) is 15.4 Å². The Balaban J connectivity index is 1.68. The molecule has 0 saturated heterocycles. The molecule has 8 nitrogen and oxygen atoms in total. The van der Waals surface area contributed by atoms with Gasteiger partial charge in [-0.2, -0.15) is 12.6 Å².